The molecule has 6 nitrogen and oxygen atoms in total. The maximum atomic E-state index is 12.1. The zero-order valence-corrected chi connectivity index (χ0v) is 19.2. The highest BCUT2D eigenvalue weighted by atomic mass is 35.5. The molecule has 7 heteroatoms. The van der Waals surface area contributed by atoms with Gasteiger partial charge in [0.15, 0.2) is 0 Å². The quantitative estimate of drug-likeness (QED) is 0.237. The van der Waals surface area contributed by atoms with E-state index < -0.39 is 0 Å². The molecular weight excluding hydrogens is 434 g/mol. The van der Waals surface area contributed by atoms with Gasteiger partial charge in [0.05, 0.1) is 11.7 Å². The van der Waals surface area contributed by atoms with E-state index >= 15 is 0 Å². The van der Waals surface area contributed by atoms with Crippen molar-refractivity contribution in [2.75, 3.05) is 25.0 Å². The largest absolute Gasteiger partial charge is 0.384 e. The molecule has 0 radical (unpaired) electrons. The molecule has 33 heavy (non-hydrogen) atoms. The van der Waals surface area contributed by atoms with Gasteiger partial charge in [-0.2, -0.15) is 5.10 Å². The lowest BCUT2D eigenvalue weighted by molar-refractivity contribution is -0.120. The minimum absolute atomic E-state index is 0.0527. The van der Waals surface area contributed by atoms with Crippen LogP contribution >= 0.6 is 11.6 Å². The van der Waals surface area contributed by atoms with Crippen molar-refractivity contribution in [2.24, 2.45) is 0 Å². The van der Waals surface area contributed by atoms with Crippen molar-refractivity contribution in [1.29, 1.82) is 0 Å². The molecule has 0 atom stereocenters. The minimum Gasteiger partial charge on any atom is -0.384 e. The summed E-state index contributed by atoms with van der Waals surface area (Å²) < 4.78 is 0. The van der Waals surface area contributed by atoms with Crippen molar-refractivity contribution in [3.63, 3.8) is 0 Å². The summed E-state index contributed by atoms with van der Waals surface area (Å²) >= 11 is 6.47. The van der Waals surface area contributed by atoms with Crippen LogP contribution in [0.25, 0.3) is 22.0 Å². The third kappa shape index (κ3) is 6.34. The van der Waals surface area contributed by atoms with Crippen LogP contribution < -0.4 is 16.0 Å². The van der Waals surface area contributed by atoms with Crippen LogP contribution in [0.15, 0.2) is 72.9 Å². The lowest BCUT2D eigenvalue weighted by Gasteiger charge is -2.10. The molecule has 170 valence electrons. The first kappa shape index (κ1) is 22.8. The smallest absolute Gasteiger partial charge is 0.221 e. The summed E-state index contributed by atoms with van der Waals surface area (Å²) in [5, 5.41) is 18.5. The number of H-pyrrole nitrogens is 1. The van der Waals surface area contributed by atoms with Crippen LogP contribution in [0.3, 0.4) is 0 Å². The van der Waals surface area contributed by atoms with Crippen LogP contribution in [-0.2, 0) is 11.3 Å². The first-order valence-electron chi connectivity index (χ1n) is 11.2. The van der Waals surface area contributed by atoms with E-state index in [-0.39, 0.29) is 5.91 Å². The number of aromatic nitrogens is 2. The summed E-state index contributed by atoms with van der Waals surface area (Å²) in [6, 6.07) is 22.2. The van der Waals surface area contributed by atoms with E-state index in [1.165, 1.54) is 0 Å². The molecule has 0 bridgehead atoms. The molecule has 0 fully saturated rings. The Morgan fingerprint density at radius 3 is 2.70 bits per heavy atom. The summed E-state index contributed by atoms with van der Waals surface area (Å²) in [5.74, 6) is 0.0527. The van der Waals surface area contributed by atoms with Crippen molar-refractivity contribution >= 4 is 34.1 Å². The third-order valence-electron chi connectivity index (χ3n) is 5.45. The number of nitrogens with one attached hydrogen (secondary N) is 4. The number of aromatic amines is 1. The van der Waals surface area contributed by atoms with E-state index in [2.05, 4.69) is 32.2 Å². The van der Waals surface area contributed by atoms with E-state index in [1.54, 1.807) is 0 Å². The predicted molar refractivity (Wildman–Crippen MR) is 135 cm³/mol. The second-order valence-electron chi connectivity index (χ2n) is 7.87. The summed E-state index contributed by atoms with van der Waals surface area (Å²) in [6.07, 6.45) is 3.11. The van der Waals surface area contributed by atoms with Crippen molar-refractivity contribution in [3.8, 4) is 11.1 Å². The lowest BCUT2D eigenvalue weighted by Crippen LogP contribution is -2.29. The van der Waals surface area contributed by atoms with E-state index in [0.29, 0.717) is 26.1 Å². The van der Waals surface area contributed by atoms with Crippen molar-refractivity contribution in [1.82, 2.24) is 20.8 Å². The maximum absolute atomic E-state index is 12.1. The van der Waals surface area contributed by atoms with Crippen LogP contribution in [0.4, 0.5) is 5.69 Å². The van der Waals surface area contributed by atoms with Crippen molar-refractivity contribution in [2.45, 2.75) is 19.4 Å². The van der Waals surface area contributed by atoms with E-state index in [0.717, 1.165) is 51.3 Å². The molecule has 0 saturated carbocycles. The Morgan fingerprint density at radius 2 is 1.85 bits per heavy atom. The lowest BCUT2D eigenvalue weighted by atomic mass is 10.0. The fraction of sp³-hybridized carbons (Fsp3) is 0.231. The highest BCUT2D eigenvalue weighted by Crippen LogP contribution is 2.28. The molecule has 0 aliphatic heterocycles. The predicted octanol–water partition coefficient (Wildman–Crippen LogP) is 4.98. The first-order chi connectivity index (χ1) is 16.2. The van der Waals surface area contributed by atoms with Crippen LogP contribution in [0.2, 0.25) is 5.02 Å². The Bertz CT molecular complexity index is 1190. The molecule has 4 N–H and O–H groups in total. The molecular formula is C26H28ClN5O. The van der Waals surface area contributed by atoms with Crippen molar-refractivity contribution < 1.29 is 4.79 Å². The zero-order valence-electron chi connectivity index (χ0n) is 18.4. The SMILES string of the molecule is O=C(CCNCc1ccc(-c2ccccc2)c(Cl)c1)NCCCNc1cccc2[nH]ncc12. The van der Waals surface area contributed by atoms with Gasteiger partial charge in [0.1, 0.15) is 0 Å². The van der Waals surface area contributed by atoms with Gasteiger partial charge >= 0.3 is 0 Å². The molecule has 0 aliphatic rings. The van der Waals surface area contributed by atoms with E-state index in [4.69, 9.17) is 11.6 Å². The standard InChI is InChI=1S/C26H28ClN5O/c27-23-16-19(10-11-21(23)20-6-2-1-3-7-20)17-28-15-12-26(33)30-14-5-13-29-24-8-4-9-25-22(24)18-31-32-25/h1-4,6-11,16,18,28-29H,5,12-15,17H2,(H,30,33)(H,31,32). The topological polar surface area (TPSA) is 81.8 Å². The third-order valence-corrected chi connectivity index (χ3v) is 5.76. The number of carbonyl (C=O) groups excluding carboxylic acids is 1. The fourth-order valence-corrected chi connectivity index (χ4v) is 4.02. The zero-order chi connectivity index (χ0) is 22.9. The molecule has 1 heterocycles. The van der Waals surface area contributed by atoms with Gasteiger partial charge in [0.2, 0.25) is 5.91 Å². The molecule has 4 aromatic rings. The van der Waals surface area contributed by atoms with Crippen LogP contribution in [0.5, 0.6) is 0 Å². The second kappa shape index (κ2) is 11.5. The molecule has 1 amide bonds. The highest BCUT2D eigenvalue weighted by molar-refractivity contribution is 6.33. The van der Waals surface area contributed by atoms with Crippen molar-refractivity contribution in [3.05, 3.63) is 83.5 Å². The number of rotatable bonds is 11. The Labute approximate surface area is 198 Å². The molecule has 3 aromatic carbocycles. The van der Waals surface area contributed by atoms with Crippen LogP contribution in [-0.4, -0.2) is 35.7 Å². The minimum atomic E-state index is 0.0527. The number of hydrogen-bond acceptors (Lipinski definition) is 4. The number of halogens is 1. The summed E-state index contributed by atoms with van der Waals surface area (Å²) in [6.45, 7) is 2.71. The molecule has 0 unspecified atom stereocenters. The number of hydrogen-bond donors (Lipinski definition) is 4. The van der Waals surface area contributed by atoms with Gasteiger partial charge in [0, 0.05) is 54.3 Å². The summed E-state index contributed by atoms with van der Waals surface area (Å²) in [4.78, 5) is 12.1. The number of amides is 1. The van der Waals surface area contributed by atoms with Gasteiger partial charge in [-0.1, -0.05) is 60.1 Å². The number of benzene rings is 3. The number of carbonyl (C=O) groups is 1. The normalized spacial score (nSPS) is 10.9. The monoisotopic (exact) mass is 461 g/mol. The summed E-state index contributed by atoms with van der Waals surface area (Å²) in [7, 11) is 0. The van der Waals surface area contributed by atoms with Gasteiger partial charge in [-0.05, 0) is 35.7 Å². The van der Waals surface area contributed by atoms with E-state index in [9.17, 15) is 4.79 Å². The van der Waals surface area contributed by atoms with E-state index in [1.807, 2.05) is 66.9 Å². The molecule has 0 aliphatic carbocycles. The van der Waals surface area contributed by atoms with Gasteiger partial charge < -0.3 is 16.0 Å². The summed E-state index contributed by atoms with van der Waals surface area (Å²) in [5.41, 5.74) is 5.28. The highest BCUT2D eigenvalue weighted by Gasteiger charge is 2.06. The molecule has 0 saturated heterocycles. The average molecular weight is 462 g/mol. The molecule has 1 aromatic heterocycles. The van der Waals surface area contributed by atoms with Gasteiger partial charge in [-0.15, -0.1) is 0 Å². The molecule has 0 spiro atoms. The average Bonchev–Trinajstić information content (AvgIpc) is 3.32. The van der Waals surface area contributed by atoms with Gasteiger partial charge in [-0.3, -0.25) is 9.89 Å². The Morgan fingerprint density at radius 1 is 0.970 bits per heavy atom. The molecule has 4 rings (SSSR count). The van der Waals surface area contributed by atoms with Crippen LogP contribution in [0.1, 0.15) is 18.4 Å². The number of fused-ring (bicyclic) bond motifs is 1. The Hall–Kier alpha value is -3.35. The number of anilines is 1. The fourth-order valence-electron chi connectivity index (χ4n) is 3.70. The van der Waals surface area contributed by atoms with Gasteiger partial charge in [-0.25, -0.2) is 0 Å². The Kier molecular flexibility index (Phi) is 7.95. The second-order valence-corrected chi connectivity index (χ2v) is 8.28. The van der Waals surface area contributed by atoms with Gasteiger partial charge in [0.25, 0.3) is 0 Å². The Balaban J connectivity index is 1.11. The van der Waals surface area contributed by atoms with Crippen LogP contribution in [0, 0.1) is 0 Å². The number of nitrogens with zero attached hydrogens (tertiary/aromatic N) is 1. The maximum Gasteiger partial charge on any atom is 0.221 e. The first-order valence-corrected chi connectivity index (χ1v) is 11.6.